The second-order valence-electron chi connectivity index (χ2n) is 9.73. The Morgan fingerprint density at radius 1 is 1.24 bits per heavy atom. The van der Waals surface area contributed by atoms with Crippen LogP contribution in [0.1, 0.15) is 90.7 Å². The summed E-state index contributed by atoms with van der Waals surface area (Å²) in [7, 11) is 1.96. The number of guanidine groups is 1. The molecule has 1 aliphatic carbocycles. The normalized spacial score (nSPS) is 16.0. The molecule has 0 radical (unpaired) electrons. The van der Waals surface area contributed by atoms with Crippen molar-refractivity contribution in [3.63, 3.8) is 0 Å². The largest absolute Gasteiger partial charge is 0.444 e. The quantitative estimate of drug-likeness (QED) is 0.231. The van der Waals surface area contributed by atoms with E-state index in [1.54, 1.807) is 0 Å². The first-order chi connectivity index (χ1) is 15.2. The Labute approximate surface area is 216 Å². The van der Waals surface area contributed by atoms with Crippen LogP contribution in [0.3, 0.4) is 0 Å². The van der Waals surface area contributed by atoms with Gasteiger partial charge in [-0.25, -0.2) is 9.79 Å². The van der Waals surface area contributed by atoms with Gasteiger partial charge in [0.1, 0.15) is 18.0 Å². The summed E-state index contributed by atoms with van der Waals surface area (Å²) in [4.78, 5) is 17.0. The second-order valence-corrected chi connectivity index (χ2v) is 9.73. The van der Waals surface area contributed by atoms with Gasteiger partial charge in [-0.15, -0.1) is 34.2 Å². The van der Waals surface area contributed by atoms with E-state index in [0.29, 0.717) is 19.1 Å². The maximum atomic E-state index is 12.2. The highest BCUT2D eigenvalue weighted by atomic mass is 127. The third kappa shape index (κ3) is 11.4. The van der Waals surface area contributed by atoms with Crippen LogP contribution in [0, 0.1) is 6.92 Å². The van der Waals surface area contributed by atoms with Crippen molar-refractivity contribution in [2.45, 2.75) is 110 Å². The van der Waals surface area contributed by atoms with E-state index in [-0.39, 0.29) is 30.0 Å². The van der Waals surface area contributed by atoms with Gasteiger partial charge in [0.05, 0.1) is 0 Å². The number of hydrogen-bond donors (Lipinski definition) is 3. The fourth-order valence-electron chi connectivity index (χ4n) is 3.70. The molecular weight excluding hydrogens is 533 g/mol. The van der Waals surface area contributed by atoms with E-state index in [2.05, 4.69) is 33.1 Å². The minimum Gasteiger partial charge on any atom is -0.444 e. The number of aliphatic imine (C=N–C) groups is 1. The molecule has 1 amide bonds. The molecule has 1 fully saturated rings. The number of aromatic nitrogens is 3. The maximum absolute atomic E-state index is 12.2. The Bertz CT molecular complexity index is 740. The number of rotatable bonds is 9. The van der Waals surface area contributed by atoms with Crippen LogP contribution in [-0.4, -0.2) is 51.0 Å². The van der Waals surface area contributed by atoms with Gasteiger partial charge in [-0.3, -0.25) is 0 Å². The maximum Gasteiger partial charge on any atom is 0.407 e. The van der Waals surface area contributed by atoms with Crippen LogP contribution in [0.25, 0.3) is 0 Å². The van der Waals surface area contributed by atoms with E-state index < -0.39 is 11.7 Å². The minimum atomic E-state index is -0.514. The number of hydrogen-bond acceptors (Lipinski definition) is 5. The third-order valence-electron chi connectivity index (χ3n) is 5.65. The molecule has 1 atom stereocenters. The van der Waals surface area contributed by atoms with Gasteiger partial charge in [0.2, 0.25) is 0 Å². The topological polar surface area (TPSA) is 105 Å². The number of aryl methyl sites for hydroxylation is 1. The Hall–Kier alpha value is -1.59. The zero-order valence-electron chi connectivity index (χ0n) is 21.2. The number of nitrogens with zero attached hydrogens (tertiary/aromatic N) is 4. The lowest BCUT2D eigenvalue weighted by molar-refractivity contribution is 0.0522. The number of nitrogens with one attached hydrogen (secondary N) is 3. The van der Waals surface area contributed by atoms with Gasteiger partial charge in [0.25, 0.3) is 0 Å². The first kappa shape index (κ1) is 29.4. The van der Waals surface area contributed by atoms with Crippen LogP contribution in [0.4, 0.5) is 4.79 Å². The molecular formula is C23H44IN7O2. The first-order valence-corrected chi connectivity index (χ1v) is 12.1. The van der Waals surface area contributed by atoms with Crippen LogP contribution < -0.4 is 16.0 Å². The molecule has 1 aliphatic rings. The molecule has 1 aromatic rings. The van der Waals surface area contributed by atoms with Crippen molar-refractivity contribution in [2.75, 3.05) is 6.54 Å². The smallest absolute Gasteiger partial charge is 0.407 e. The standard InChI is InChI=1S/C23H43N7O2.HI/c1-7-8-12-19(15-25-22(31)32-23(3,4)5)27-21(26-18-13-10-9-11-14-18)24-16-20-29-28-17(2)30(20)6;/h18-19H,7-16H2,1-6H3,(H,25,31)(H2,24,26,27);1H. The number of amides is 1. The molecule has 0 saturated heterocycles. The number of unbranched alkanes of at least 4 members (excludes halogenated alkanes) is 1. The van der Waals surface area contributed by atoms with Crippen molar-refractivity contribution >= 4 is 36.0 Å². The summed E-state index contributed by atoms with van der Waals surface area (Å²) in [5.41, 5.74) is -0.514. The summed E-state index contributed by atoms with van der Waals surface area (Å²) in [6.45, 7) is 10.6. The molecule has 1 aromatic heterocycles. The number of alkyl carbamates (subject to hydrolysis) is 1. The molecule has 1 saturated carbocycles. The van der Waals surface area contributed by atoms with Crippen LogP contribution >= 0.6 is 24.0 Å². The highest BCUT2D eigenvalue weighted by molar-refractivity contribution is 14.0. The molecule has 0 bridgehead atoms. The molecule has 3 N–H and O–H groups in total. The fraction of sp³-hybridized carbons (Fsp3) is 0.826. The van der Waals surface area contributed by atoms with Gasteiger partial charge in [-0.2, -0.15) is 0 Å². The molecule has 0 aliphatic heterocycles. The summed E-state index contributed by atoms with van der Waals surface area (Å²) in [5, 5.41) is 18.5. The van der Waals surface area contributed by atoms with Crippen LogP contribution in [-0.2, 0) is 18.3 Å². The third-order valence-corrected chi connectivity index (χ3v) is 5.65. The van der Waals surface area contributed by atoms with Crippen molar-refractivity contribution < 1.29 is 9.53 Å². The Kier molecular flexibility index (Phi) is 13.0. The molecule has 2 rings (SSSR count). The molecule has 0 aromatic carbocycles. The zero-order chi connectivity index (χ0) is 23.6. The minimum absolute atomic E-state index is 0. The summed E-state index contributed by atoms with van der Waals surface area (Å²) < 4.78 is 7.36. The monoisotopic (exact) mass is 577 g/mol. The van der Waals surface area contributed by atoms with E-state index in [4.69, 9.17) is 9.73 Å². The van der Waals surface area contributed by atoms with Gasteiger partial charge in [0.15, 0.2) is 11.8 Å². The average molecular weight is 578 g/mol. The lowest BCUT2D eigenvalue weighted by Gasteiger charge is -2.28. The van der Waals surface area contributed by atoms with Crippen LogP contribution in [0.15, 0.2) is 4.99 Å². The van der Waals surface area contributed by atoms with Crippen molar-refractivity contribution in [3.05, 3.63) is 11.6 Å². The fourth-order valence-corrected chi connectivity index (χ4v) is 3.70. The van der Waals surface area contributed by atoms with Gasteiger partial charge in [0, 0.05) is 25.7 Å². The van der Waals surface area contributed by atoms with Crippen molar-refractivity contribution in [2.24, 2.45) is 12.0 Å². The van der Waals surface area contributed by atoms with Gasteiger partial charge < -0.3 is 25.3 Å². The van der Waals surface area contributed by atoms with Gasteiger partial charge >= 0.3 is 6.09 Å². The number of ether oxygens (including phenoxy) is 1. The summed E-state index contributed by atoms with van der Waals surface area (Å²) in [6.07, 6.45) is 8.78. The van der Waals surface area contributed by atoms with Gasteiger partial charge in [-0.05, 0) is 47.0 Å². The first-order valence-electron chi connectivity index (χ1n) is 12.1. The summed E-state index contributed by atoms with van der Waals surface area (Å²) >= 11 is 0. The van der Waals surface area contributed by atoms with Crippen molar-refractivity contribution in [1.82, 2.24) is 30.7 Å². The highest BCUT2D eigenvalue weighted by Crippen LogP contribution is 2.17. The predicted octanol–water partition coefficient (Wildman–Crippen LogP) is 4.19. The molecule has 0 spiro atoms. The Morgan fingerprint density at radius 3 is 2.52 bits per heavy atom. The van der Waals surface area contributed by atoms with Crippen molar-refractivity contribution in [3.8, 4) is 0 Å². The summed E-state index contributed by atoms with van der Waals surface area (Å²) in [5.74, 6) is 2.46. The van der Waals surface area contributed by atoms with Crippen LogP contribution in [0.5, 0.6) is 0 Å². The number of carbonyl (C=O) groups excluding carboxylic acids is 1. The Balaban J connectivity index is 0.00000544. The lowest BCUT2D eigenvalue weighted by Crippen LogP contribution is -2.51. The molecule has 33 heavy (non-hydrogen) atoms. The molecule has 1 unspecified atom stereocenters. The highest BCUT2D eigenvalue weighted by Gasteiger charge is 2.20. The molecule has 190 valence electrons. The molecule has 9 nitrogen and oxygen atoms in total. The Morgan fingerprint density at radius 2 is 1.94 bits per heavy atom. The number of carbonyl (C=O) groups is 1. The summed E-state index contributed by atoms with van der Waals surface area (Å²) in [6, 6.07) is 0.473. The molecule has 10 heteroatoms. The van der Waals surface area contributed by atoms with E-state index in [1.807, 2.05) is 39.3 Å². The van der Waals surface area contributed by atoms with E-state index >= 15 is 0 Å². The predicted molar refractivity (Wildman–Crippen MR) is 143 cm³/mol. The molecule has 1 heterocycles. The van der Waals surface area contributed by atoms with Crippen LogP contribution in [0.2, 0.25) is 0 Å². The van der Waals surface area contributed by atoms with E-state index in [1.165, 1.54) is 19.3 Å². The zero-order valence-corrected chi connectivity index (χ0v) is 23.6. The van der Waals surface area contributed by atoms with Gasteiger partial charge in [-0.1, -0.05) is 39.0 Å². The SMILES string of the molecule is CCCCC(CNC(=O)OC(C)(C)C)NC(=NCc1nnc(C)n1C)NC1CCCCC1.I. The van der Waals surface area contributed by atoms with Crippen molar-refractivity contribution in [1.29, 1.82) is 0 Å². The lowest BCUT2D eigenvalue weighted by atomic mass is 9.96. The second kappa shape index (κ2) is 14.6. The average Bonchev–Trinajstić information content (AvgIpc) is 3.05. The van der Waals surface area contributed by atoms with E-state index in [0.717, 1.165) is 49.7 Å². The van der Waals surface area contributed by atoms with E-state index in [9.17, 15) is 4.79 Å². The number of halogens is 1.